The molecule has 1 atom stereocenters. The monoisotopic (exact) mass is 385 g/mol. The lowest BCUT2D eigenvalue weighted by atomic mass is 9.90. The van der Waals surface area contributed by atoms with Crippen LogP contribution in [0.5, 0.6) is 5.75 Å². The van der Waals surface area contributed by atoms with Crippen LogP contribution in [0.4, 0.5) is 5.69 Å². The first-order valence-corrected chi connectivity index (χ1v) is 10.2. The Bertz CT molecular complexity index is 912. The highest BCUT2D eigenvalue weighted by molar-refractivity contribution is 7.22. The number of anilines is 1. The van der Waals surface area contributed by atoms with Crippen LogP contribution in [0.1, 0.15) is 49.2 Å². The molecule has 5 nitrogen and oxygen atoms in total. The van der Waals surface area contributed by atoms with Crippen molar-refractivity contribution in [1.82, 2.24) is 10.3 Å². The normalized spacial score (nSPS) is 15.3. The van der Waals surface area contributed by atoms with Gasteiger partial charge in [0.2, 0.25) is 0 Å². The lowest BCUT2D eigenvalue weighted by molar-refractivity contribution is 0.0946. The summed E-state index contributed by atoms with van der Waals surface area (Å²) in [7, 11) is 3.79. The Balaban J connectivity index is 1.97. The number of aromatic nitrogens is 1. The van der Waals surface area contributed by atoms with Gasteiger partial charge in [-0.1, -0.05) is 31.1 Å². The van der Waals surface area contributed by atoms with Crippen LogP contribution in [-0.4, -0.2) is 36.1 Å². The highest BCUT2D eigenvalue weighted by Gasteiger charge is 2.26. The van der Waals surface area contributed by atoms with Crippen LogP contribution in [0, 0.1) is 0 Å². The zero-order chi connectivity index (χ0) is 19.6. The predicted molar refractivity (Wildman–Crippen MR) is 113 cm³/mol. The first kappa shape index (κ1) is 19.4. The third kappa shape index (κ3) is 3.86. The molecule has 0 fully saturated rings. The summed E-state index contributed by atoms with van der Waals surface area (Å²) in [5, 5.41) is 13.4. The molecule has 0 saturated carbocycles. The highest BCUT2D eigenvalue weighted by Crippen LogP contribution is 2.40. The molecule has 1 amide bonds. The van der Waals surface area contributed by atoms with E-state index >= 15 is 0 Å². The highest BCUT2D eigenvalue weighted by atomic mass is 32.1. The van der Waals surface area contributed by atoms with Crippen LogP contribution in [0.3, 0.4) is 0 Å². The van der Waals surface area contributed by atoms with E-state index in [9.17, 15) is 9.90 Å². The van der Waals surface area contributed by atoms with Crippen LogP contribution >= 0.6 is 11.3 Å². The molecule has 0 radical (unpaired) electrons. The van der Waals surface area contributed by atoms with Crippen LogP contribution in [0.25, 0.3) is 10.2 Å². The van der Waals surface area contributed by atoms with E-state index in [1.54, 1.807) is 12.3 Å². The van der Waals surface area contributed by atoms with E-state index in [1.807, 2.05) is 19.0 Å². The van der Waals surface area contributed by atoms with Gasteiger partial charge in [0.25, 0.3) is 5.91 Å². The van der Waals surface area contributed by atoms with Crippen LogP contribution in [0.15, 0.2) is 35.6 Å². The van der Waals surface area contributed by atoms with Gasteiger partial charge in [-0.2, -0.15) is 0 Å². The van der Waals surface area contributed by atoms with Crippen molar-refractivity contribution < 1.29 is 9.90 Å². The molecule has 0 spiro atoms. The van der Waals surface area contributed by atoms with Gasteiger partial charge < -0.3 is 15.3 Å². The average Bonchev–Trinajstić information content (AvgIpc) is 3.03. The maximum absolute atomic E-state index is 13.2. The predicted octanol–water partition coefficient (Wildman–Crippen LogP) is 4.63. The smallest absolute Gasteiger partial charge is 0.264 e. The standard InChI is InChI=1S/C21H27N3O2S/c1-5-8-15(14-10-7-6-9-13(14)2)23-21(26)20-18(24(3)4)17-19(27-20)16(25)11-12-22-17/h9-12,15H,5-8H2,1-4H3,(H,22,25)(H,23,26). The number of pyridine rings is 1. The molecule has 2 aromatic heterocycles. The number of hydrogen-bond donors (Lipinski definition) is 2. The van der Waals surface area contributed by atoms with Gasteiger partial charge in [-0.25, -0.2) is 0 Å². The van der Waals surface area contributed by atoms with E-state index in [-0.39, 0.29) is 17.7 Å². The van der Waals surface area contributed by atoms with Crippen molar-refractivity contribution in [2.24, 2.45) is 0 Å². The molecule has 2 aromatic rings. The van der Waals surface area contributed by atoms with Gasteiger partial charge >= 0.3 is 0 Å². The summed E-state index contributed by atoms with van der Waals surface area (Å²) in [6.07, 6.45) is 10.0. The van der Waals surface area contributed by atoms with Gasteiger partial charge in [-0.3, -0.25) is 9.78 Å². The molecule has 1 aliphatic rings. The van der Waals surface area contributed by atoms with Gasteiger partial charge in [0, 0.05) is 20.3 Å². The first-order valence-electron chi connectivity index (χ1n) is 9.39. The van der Waals surface area contributed by atoms with Crippen molar-refractivity contribution in [3.63, 3.8) is 0 Å². The number of aromatic hydroxyl groups is 1. The number of hydrogen-bond acceptors (Lipinski definition) is 5. The molecule has 0 aliphatic heterocycles. The lowest BCUT2D eigenvalue weighted by Crippen LogP contribution is -2.37. The fraction of sp³-hybridized carbons (Fsp3) is 0.429. The van der Waals surface area contributed by atoms with Gasteiger partial charge in [0.15, 0.2) is 0 Å². The molecule has 2 N–H and O–H groups in total. The fourth-order valence-corrected chi connectivity index (χ4v) is 4.74. The Morgan fingerprint density at radius 1 is 1.37 bits per heavy atom. The number of fused-ring (bicyclic) bond motifs is 1. The molecule has 144 valence electrons. The second-order valence-electron chi connectivity index (χ2n) is 7.12. The minimum Gasteiger partial charge on any atom is -0.506 e. The molecule has 6 heteroatoms. The number of thiophene rings is 1. The number of amides is 1. The summed E-state index contributed by atoms with van der Waals surface area (Å²) >= 11 is 1.29. The summed E-state index contributed by atoms with van der Waals surface area (Å²) < 4.78 is 0.645. The van der Waals surface area contributed by atoms with Crippen molar-refractivity contribution in [2.45, 2.75) is 45.6 Å². The van der Waals surface area contributed by atoms with Gasteiger partial charge in [-0.15, -0.1) is 11.3 Å². The molecule has 0 bridgehead atoms. The quantitative estimate of drug-likeness (QED) is 0.761. The van der Waals surface area contributed by atoms with E-state index in [4.69, 9.17) is 0 Å². The van der Waals surface area contributed by atoms with E-state index < -0.39 is 0 Å². The number of rotatable bonds is 6. The molecular formula is C21H27N3O2S. The van der Waals surface area contributed by atoms with Gasteiger partial charge in [0.1, 0.15) is 16.1 Å². The van der Waals surface area contributed by atoms with Crippen LogP contribution in [0.2, 0.25) is 0 Å². The van der Waals surface area contributed by atoms with Crippen molar-refractivity contribution in [1.29, 1.82) is 0 Å². The van der Waals surface area contributed by atoms with Crippen LogP contribution in [-0.2, 0) is 0 Å². The second kappa shape index (κ2) is 8.13. The molecule has 2 heterocycles. The third-order valence-electron chi connectivity index (χ3n) is 4.88. The first-order chi connectivity index (χ1) is 12.9. The largest absolute Gasteiger partial charge is 0.506 e. The van der Waals surface area contributed by atoms with E-state index in [0.717, 1.165) is 31.4 Å². The van der Waals surface area contributed by atoms with Crippen molar-refractivity contribution in [3.05, 3.63) is 40.4 Å². The SMILES string of the molecule is CCCC(NC(=O)c1sc2c(O)ccnc2c1N(C)C)C1=CCCC=C1C. The maximum atomic E-state index is 13.2. The average molecular weight is 386 g/mol. The Morgan fingerprint density at radius 3 is 2.78 bits per heavy atom. The van der Waals surface area contributed by atoms with Crippen molar-refractivity contribution in [3.8, 4) is 5.75 Å². The molecule has 0 saturated heterocycles. The topological polar surface area (TPSA) is 65.5 Å². The minimum absolute atomic E-state index is 0.000769. The summed E-state index contributed by atoms with van der Waals surface area (Å²) in [6.45, 7) is 4.25. The van der Waals surface area contributed by atoms with E-state index in [1.165, 1.54) is 22.5 Å². The summed E-state index contributed by atoms with van der Waals surface area (Å²) in [5.74, 6) is 0.0462. The number of nitrogens with zero attached hydrogens (tertiary/aromatic N) is 2. The molecule has 1 unspecified atom stereocenters. The second-order valence-corrected chi connectivity index (χ2v) is 8.14. The summed E-state index contributed by atoms with van der Waals surface area (Å²) in [6, 6.07) is 1.56. The van der Waals surface area contributed by atoms with Crippen molar-refractivity contribution >= 4 is 33.1 Å². The lowest BCUT2D eigenvalue weighted by Gasteiger charge is -2.25. The minimum atomic E-state index is -0.112. The fourth-order valence-electron chi connectivity index (χ4n) is 3.59. The number of allylic oxidation sites excluding steroid dienone is 2. The Morgan fingerprint density at radius 2 is 2.11 bits per heavy atom. The van der Waals surface area contributed by atoms with E-state index in [2.05, 4.69) is 36.3 Å². The summed E-state index contributed by atoms with van der Waals surface area (Å²) in [5.41, 5.74) is 3.90. The van der Waals surface area contributed by atoms with Gasteiger partial charge in [-0.05, 0) is 37.8 Å². The molecule has 1 aliphatic carbocycles. The van der Waals surface area contributed by atoms with E-state index in [0.29, 0.717) is 15.1 Å². The summed E-state index contributed by atoms with van der Waals surface area (Å²) in [4.78, 5) is 20.1. The number of carbonyl (C=O) groups excluding carboxylic acids is 1. The zero-order valence-electron chi connectivity index (χ0n) is 16.4. The molecule has 0 aromatic carbocycles. The van der Waals surface area contributed by atoms with Crippen molar-refractivity contribution in [2.75, 3.05) is 19.0 Å². The maximum Gasteiger partial charge on any atom is 0.264 e. The zero-order valence-corrected chi connectivity index (χ0v) is 17.2. The number of nitrogens with one attached hydrogen (secondary N) is 1. The Labute approximate surface area is 164 Å². The van der Waals surface area contributed by atoms with Gasteiger partial charge in [0.05, 0.1) is 16.4 Å². The molecule has 3 rings (SSSR count). The molecular weight excluding hydrogens is 358 g/mol. The number of carbonyl (C=O) groups is 1. The van der Waals surface area contributed by atoms with Crippen LogP contribution < -0.4 is 10.2 Å². The Kier molecular flexibility index (Phi) is 5.85. The third-order valence-corrected chi connectivity index (χ3v) is 6.07. The molecule has 27 heavy (non-hydrogen) atoms. The Hall–Kier alpha value is -2.34.